The maximum absolute atomic E-state index is 4.27. The third-order valence-corrected chi connectivity index (χ3v) is 2.94. The second-order valence-electron chi connectivity index (χ2n) is 2.32. The third kappa shape index (κ3) is 1.44. The molecule has 0 aromatic carbocycles. The highest BCUT2D eigenvalue weighted by molar-refractivity contribution is 8.15. The fraction of sp³-hybridized carbons (Fsp3) is 0.125. The second kappa shape index (κ2) is 2.91. The summed E-state index contributed by atoms with van der Waals surface area (Å²) in [6, 6.07) is 4.07. The standard InChI is InChI=1S/C8H7NS2/c10-7-4-3-6-2-1-5-9-8(6)11-7/h1-2,4-5,10H,3H2. The molecule has 0 unspecified atom stereocenters. The van der Waals surface area contributed by atoms with E-state index < -0.39 is 0 Å². The summed E-state index contributed by atoms with van der Waals surface area (Å²) >= 11 is 5.90. The molecule has 0 spiro atoms. The maximum Gasteiger partial charge on any atom is 0.105 e. The van der Waals surface area contributed by atoms with Gasteiger partial charge in [0.15, 0.2) is 0 Å². The van der Waals surface area contributed by atoms with Gasteiger partial charge in [-0.25, -0.2) is 4.98 Å². The van der Waals surface area contributed by atoms with Crippen molar-refractivity contribution >= 4 is 24.4 Å². The lowest BCUT2D eigenvalue weighted by Crippen LogP contribution is -1.93. The Hall–Kier alpha value is -0.410. The Kier molecular flexibility index (Phi) is 1.92. The van der Waals surface area contributed by atoms with Gasteiger partial charge in [0.05, 0.1) is 0 Å². The highest BCUT2D eigenvalue weighted by atomic mass is 32.2. The van der Waals surface area contributed by atoms with Gasteiger partial charge in [0.1, 0.15) is 5.03 Å². The predicted octanol–water partition coefficient (Wildman–Crippen LogP) is 2.50. The van der Waals surface area contributed by atoms with E-state index in [0.29, 0.717) is 0 Å². The minimum absolute atomic E-state index is 0.967. The summed E-state index contributed by atoms with van der Waals surface area (Å²) in [5, 5.41) is 1.10. The number of allylic oxidation sites excluding steroid dienone is 1. The van der Waals surface area contributed by atoms with Gasteiger partial charge < -0.3 is 0 Å². The molecule has 11 heavy (non-hydrogen) atoms. The van der Waals surface area contributed by atoms with Gasteiger partial charge >= 0.3 is 0 Å². The molecule has 56 valence electrons. The summed E-state index contributed by atoms with van der Waals surface area (Å²) in [6.07, 6.45) is 4.89. The molecule has 0 amide bonds. The Bertz CT molecular complexity index is 307. The SMILES string of the molecule is SC1=CCc2cccnc2S1. The van der Waals surface area contributed by atoms with Gasteiger partial charge in [-0.05, 0) is 18.1 Å². The lowest BCUT2D eigenvalue weighted by atomic mass is 10.2. The predicted molar refractivity (Wildman–Crippen MR) is 50.9 cm³/mol. The van der Waals surface area contributed by atoms with E-state index in [-0.39, 0.29) is 0 Å². The van der Waals surface area contributed by atoms with Crippen LogP contribution in [0, 0.1) is 0 Å². The normalized spacial score (nSPS) is 15.5. The van der Waals surface area contributed by atoms with Crippen molar-refractivity contribution in [2.24, 2.45) is 0 Å². The van der Waals surface area contributed by atoms with Crippen LogP contribution in [0.5, 0.6) is 0 Å². The first-order valence-electron chi connectivity index (χ1n) is 3.37. The Labute approximate surface area is 75.3 Å². The Balaban J connectivity index is 2.42. The van der Waals surface area contributed by atoms with E-state index in [2.05, 4.69) is 29.8 Å². The van der Waals surface area contributed by atoms with E-state index in [0.717, 1.165) is 15.7 Å². The van der Waals surface area contributed by atoms with Crippen molar-refractivity contribution in [2.45, 2.75) is 11.4 Å². The van der Waals surface area contributed by atoms with Crippen molar-refractivity contribution < 1.29 is 0 Å². The molecular formula is C8H7NS2. The van der Waals surface area contributed by atoms with Crippen LogP contribution in [-0.2, 0) is 6.42 Å². The molecule has 1 aliphatic rings. The van der Waals surface area contributed by atoms with Crippen molar-refractivity contribution in [1.82, 2.24) is 4.98 Å². The largest absolute Gasteiger partial charge is 0.249 e. The molecule has 1 aromatic rings. The molecule has 0 bridgehead atoms. The molecule has 1 aliphatic heterocycles. The molecule has 2 heterocycles. The zero-order valence-electron chi connectivity index (χ0n) is 5.82. The van der Waals surface area contributed by atoms with Crippen LogP contribution in [0.15, 0.2) is 33.7 Å². The number of hydrogen-bond acceptors (Lipinski definition) is 3. The van der Waals surface area contributed by atoms with Crippen LogP contribution in [0.2, 0.25) is 0 Å². The first-order valence-corrected chi connectivity index (χ1v) is 4.63. The number of hydrogen-bond donors (Lipinski definition) is 1. The molecule has 1 aromatic heterocycles. The lowest BCUT2D eigenvalue weighted by Gasteiger charge is -2.10. The molecule has 0 saturated heterocycles. The van der Waals surface area contributed by atoms with E-state index in [1.54, 1.807) is 11.8 Å². The number of pyridine rings is 1. The average molecular weight is 181 g/mol. The summed E-state index contributed by atoms with van der Waals surface area (Å²) < 4.78 is 1.05. The zero-order valence-corrected chi connectivity index (χ0v) is 7.53. The molecule has 0 saturated carbocycles. The van der Waals surface area contributed by atoms with E-state index in [1.165, 1.54) is 5.56 Å². The molecule has 0 N–H and O–H groups in total. The van der Waals surface area contributed by atoms with Crippen LogP contribution in [0.4, 0.5) is 0 Å². The van der Waals surface area contributed by atoms with E-state index in [4.69, 9.17) is 0 Å². The monoisotopic (exact) mass is 181 g/mol. The van der Waals surface area contributed by atoms with Crippen LogP contribution in [0.25, 0.3) is 0 Å². The number of nitrogens with zero attached hydrogens (tertiary/aromatic N) is 1. The zero-order chi connectivity index (χ0) is 7.68. The highest BCUT2D eigenvalue weighted by Gasteiger charge is 2.08. The number of rotatable bonds is 0. The van der Waals surface area contributed by atoms with Crippen molar-refractivity contribution in [3.8, 4) is 0 Å². The first kappa shape index (κ1) is 7.25. The molecule has 0 aliphatic carbocycles. The van der Waals surface area contributed by atoms with Gasteiger partial charge in [0.25, 0.3) is 0 Å². The van der Waals surface area contributed by atoms with E-state index >= 15 is 0 Å². The Morgan fingerprint density at radius 2 is 2.45 bits per heavy atom. The van der Waals surface area contributed by atoms with Crippen molar-refractivity contribution in [3.63, 3.8) is 0 Å². The quantitative estimate of drug-likeness (QED) is 0.618. The molecule has 0 radical (unpaired) electrons. The van der Waals surface area contributed by atoms with Gasteiger partial charge in [-0.1, -0.05) is 23.9 Å². The fourth-order valence-electron chi connectivity index (χ4n) is 1.01. The number of aromatic nitrogens is 1. The van der Waals surface area contributed by atoms with Gasteiger partial charge in [0, 0.05) is 10.4 Å². The van der Waals surface area contributed by atoms with Gasteiger partial charge in [-0.3, -0.25) is 0 Å². The third-order valence-electron chi connectivity index (χ3n) is 1.55. The highest BCUT2D eigenvalue weighted by Crippen LogP contribution is 2.34. The Morgan fingerprint density at radius 3 is 3.36 bits per heavy atom. The lowest BCUT2D eigenvalue weighted by molar-refractivity contribution is 1.03. The summed E-state index contributed by atoms with van der Waals surface area (Å²) in [7, 11) is 0. The number of thioether (sulfide) groups is 1. The summed E-state index contributed by atoms with van der Waals surface area (Å²) in [5.74, 6) is 0. The number of fused-ring (bicyclic) bond motifs is 1. The second-order valence-corrected chi connectivity index (χ2v) is 4.13. The average Bonchev–Trinajstić information content (AvgIpc) is 2.04. The topological polar surface area (TPSA) is 12.9 Å². The molecular weight excluding hydrogens is 174 g/mol. The molecule has 2 rings (SSSR count). The van der Waals surface area contributed by atoms with E-state index in [9.17, 15) is 0 Å². The smallest absolute Gasteiger partial charge is 0.105 e. The van der Waals surface area contributed by atoms with Crippen molar-refractivity contribution in [2.75, 3.05) is 0 Å². The van der Waals surface area contributed by atoms with Gasteiger partial charge in [-0.2, -0.15) is 0 Å². The molecule has 0 fully saturated rings. The maximum atomic E-state index is 4.27. The molecule has 3 heteroatoms. The summed E-state index contributed by atoms with van der Waals surface area (Å²) in [4.78, 5) is 4.24. The van der Waals surface area contributed by atoms with Crippen LogP contribution in [0.1, 0.15) is 5.56 Å². The Morgan fingerprint density at radius 1 is 1.55 bits per heavy atom. The molecule has 1 nitrogen and oxygen atoms in total. The number of thiol groups is 1. The summed E-state index contributed by atoms with van der Waals surface area (Å²) in [5.41, 5.74) is 1.30. The van der Waals surface area contributed by atoms with Crippen LogP contribution < -0.4 is 0 Å². The van der Waals surface area contributed by atoms with Crippen molar-refractivity contribution in [3.05, 3.63) is 34.2 Å². The minimum Gasteiger partial charge on any atom is -0.249 e. The van der Waals surface area contributed by atoms with E-state index in [1.807, 2.05) is 12.3 Å². The van der Waals surface area contributed by atoms with Crippen LogP contribution >= 0.6 is 24.4 Å². The minimum atomic E-state index is 0.967. The first-order chi connectivity index (χ1) is 5.36. The molecule has 0 atom stereocenters. The van der Waals surface area contributed by atoms with Crippen molar-refractivity contribution in [1.29, 1.82) is 0 Å². The fourth-order valence-corrected chi connectivity index (χ4v) is 2.12. The van der Waals surface area contributed by atoms with Gasteiger partial charge in [-0.15, -0.1) is 12.6 Å². The van der Waals surface area contributed by atoms with Gasteiger partial charge in [0.2, 0.25) is 0 Å². The summed E-state index contributed by atoms with van der Waals surface area (Å²) in [6.45, 7) is 0. The van der Waals surface area contributed by atoms with Crippen LogP contribution in [-0.4, -0.2) is 4.98 Å². The van der Waals surface area contributed by atoms with Crippen LogP contribution in [0.3, 0.4) is 0 Å².